The number of nitrogens with zero attached hydrogens (tertiary/aromatic N) is 1. The lowest BCUT2D eigenvalue weighted by Crippen LogP contribution is -2.22. The first-order chi connectivity index (χ1) is 13.1. The number of fused-ring (bicyclic) bond motifs is 1. The second kappa shape index (κ2) is 7.87. The summed E-state index contributed by atoms with van der Waals surface area (Å²) < 4.78 is 25.0. The summed E-state index contributed by atoms with van der Waals surface area (Å²) in [6, 6.07) is 12.6. The minimum Gasteiger partial charge on any atom is -0.493 e. The molecule has 2 aliphatic rings. The number of hydrogen-bond donors (Lipinski definition) is 1. The molecule has 27 heavy (non-hydrogen) atoms. The fourth-order valence-corrected chi connectivity index (χ4v) is 4.45. The van der Waals surface area contributed by atoms with Crippen LogP contribution in [0.25, 0.3) is 0 Å². The van der Waals surface area contributed by atoms with Gasteiger partial charge in [0, 0.05) is 25.2 Å². The summed E-state index contributed by atoms with van der Waals surface area (Å²) in [5, 5.41) is 9.79. The van der Waals surface area contributed by atoms with Gasteiger partial charge in [-0.15, -0.1) is 0 Å². The molecule has 3 atom stereocenters. The van der Waals surface area contributed by atoms with Gasteiger partial charge >= 0.3 is 0 Å². The fraction of sp³-hybridized carbons (Fsp3) is 0.455. The standard InChI is InChI=1S/C22H26FNO3/c1-26-22-8-15(11-24-12-17-9-19(25)10-18(17)13-24)6-7-21(22)27-14-16-4-2-3-5-20(16)23/h2-8,17-19,25H,9-14H2,1H3/t17-,18+,19?. The third kappa shape index (κ3) is 4.09. The maximum Gasteiger partial charge on any atom is 0.161 e. The Morgan fingerprint density at radius 3 is 2.52 bits per heavy atom. The molecule has 0 aromatic heterocycles. The molecule has 1 aliphatic carbocycles. The van der Waals surface area contributed by atoms with Crippen LogP contribution in [0.15, 0.2) is 42.5 Å². The van der Waals surface area contributed by atoms with Crippen LogP contribution in [-0.4, -0.2) is 36.3 Å². The lowest BCUT2D eigenvalue weighted by Gasteiger charge is -2.19. The number of hydrogen-bond acceptors (Lipinski definition) is 4. The van der Waals surface area contributed by atoms with Gasteiger partial charge < -0.3 is 14.6 Å². The minimum absolute atomic E-state index is 0.104. The van der Waals surface area contributed by atoms with Gasteiger partial charge in [0.05, 0.1) is 13.2 Å². The SMILES string of the molecule is COc1cc(CN2C[C@H]3CC(O)C[C@H]3C2)ccc1OCc1ccccc1F. The molecule has 4 nitrogen and oxygen atoms in total. The molecule has 0 bridgehead atoms. The van der Waals surface area contributed by atoms with Crippen molar-refractivity contribution in [2.45, 2.75) is 32.1 Å². The highest BCUT2D eigenvalue weighted by Crippen LogP contribution is 2.39. The molecule has 1 aliphatic heterocycles. The number of likely N-dealkylation sites (tertiary alicyclic amines) is 1. The van der Waals surface area contributed by atoms with Crippen molar-refractivity contribution in [3.63, 3.8) is 0 Å². The molecule has 0 spiro atoms. The summed E-state index contributed by atoms with van der Waals surface area (Å²) >= 11 is 0. The molecule has 2 aromatic rings. The molecular formula is C22H26FNO3. The number of aliphatic hydroxyl groups excluding tert-OH is 1. The molecule has 1 N–H and O–H groups in total. The molecule has 2 fully saturated rings. The Balaban J connectivity index is 1.39. The van der Waals surface area contributed by atoms with Crippen molar-refractivity contribution in [2.75, 3.05) is 20.2 Å². The molecule has 1 unspecified atom stereocenters. The van der Waals surface area contributed by atoms with Crippen LogP contribution >= 0.6 is 0 Å². The monoisotopic (exact) mass is 371 g/mol. The van der Waals surface area contributed by atoms with Crippen LogP contribution in [-0.2, 0) is 13.2 Å². The number of halogens is 1. The Morgan fingerprint density at radius 1 is 1.07 bits per heavy atom. The molecular weight excluding hydrogens is 345 g/mol. The summed E-state index contributed by atoms with van der Waals surface area (Å²) in [6.07, 6.45) is 1.77. The van der Waals surface area contributed by atoms with Crippen LogP contribution < -0.4 is 9.47 Å². The summed E-state index contributed by atoms with van der Waals surface area (Å²) in [4.78, 5) is 2.45. The van der Waals surface area contributed by atoms with E-state index in [0.29, 0.717) is 28.9 Å². The highest BCUT2D eigenvalue weighted by Gasteiger charge is 2.39. The van der Waals surface area contributed by atoms with E-state index in [-0.39, 0.29) is 18.5 Å². The van der Waals surface area contributed by atoms with Gasteiger partial charge in [0.2, 0.25) is 0 Å². The van der Waals surface area contributed by atoms with Crippen LogP contribution in [0.2, 0.25) is 0 Å². The van der Waals surface area contributed by atoms with Gasteiger partial charge in [-0.2, -0.15) is 0 Å². The van der Waals surface area contributed by atoms with Gasteiger partial charge in [0.15, 0.2) is 11.5 Å². The Hall–Kier alpha value is -2.11. The van der Waals surface area contributed by atoms with Crippen molar-refractivity contribution in [1.82, 2.24) is 4.90 Å². The first kappa shape index (κ1) is 18.3. The van der Waals surface area contributed by atoms with Crippen LogP contribution in [0.4, 0.5) is 4.39 Å². The van der Waals surface area contributed by atoms with Crippen molar-refractivity contribution >= 4 is 0 Å². The van der Waals surface area contributed by atoms with Crippen molar-refractivity contribution < 1.29 is 19.0 Å². The Kier molecular flexibility index (Phi) is 5.32. The fourth-order valence-electron chi connectivity index (χ4n) is 4.45. The predicted molar refractivity (Wildman–Crippen MR) is 101 cm³/mol. The zero-order chi connectivity index (χ0) is 18.8. The van der Waals surface area contributed by atoms with E-state index in [2.05, 4.69) is 4.90 Å². The van der Waals surface area contributed by atoms with Crippen LogP contribution in [0.1, 0.15) is 24.0 Å². The van der Waals surface area contributed by atoms with Gasteiger partial charge in [0.25, 0.3) is 0 Å². The number of benzene rings is 2. The van der Waals surface area contributed by atoms with E-state index in [1.165, 1.54) is 11.6 Å². The summed E-state index contributed by atoms with van der Waals surface area (Å²) in [5.41, 5.74) is 1.69. The summed E-state index contributed by atoms with van der Waals surface area (Å²) in [5.74, 6) is 2.28. The molecule has 0 radical (unpaired) electrons. The minimum atomic E-state index is -0.266. The van der Waals surface area contributed by atoms with Crippen molar-refractivity contribution in [3.05, 3.63) is 59.4 Å². The molecule has 1 saturated heterocycles. The molecule has 4 rings (SSSR count). The quantitative estimate of drug-likeness (QED) is 0.842. The van der Waals surface area contributed by atoms with E-state index >= 15 is 0 Å². The molecule has 0 amide bonds. The van der Waals surface area contributed by atoms with E-state index in [1.807, 2.05) is 18.2 Å². The van der Waals surface area contributed by atoms with Crippen molar-refractivity contribution in [3.8, 4) is 11.5 Å². The number of methoxy groups -OCH3 is 1. The molecule has 1 heterocycles. The van der Waals surface area contributed by atoms with Crippen molar-refractivity contribution in [2.24, 2.45) is 11.8 Å². The zero-order valence-corrected chi connectivity index (χ0v) is 15.6. The average Bonchev–Trinajstić information content (AvgIpc) is 3.18. The second-order valence-electron chi connectivity index (χ2n) is 7.70. The average molecular weight is 371 g/mol. The highest BCUT2D eigenvalue weighted by atomic mass is 19.1. The normalized spacial score (nSPS) is 24.8. The van der Waals surface area contributed by atoms with Crippen LogP contribution in [0, 0.1) is 17.7 Å². The van der Waals surface area contributed by atoms with Gasteiger partial charge in [-0.1, -0.05) is 24.3 Å². The number of aliphatic hydroxyl groups is 1. The maximum atomic E-state index is 13.8. The van der Waals surface area contributed by atoms with Gasteiger partial charge in [-0.25, -0.2) is 4.39 Å². The third-order valence-electron chi connectivity index (χ3n) is 5.78. The second-order valence-corrected chi connectivity index (χ2v) is 7.70. The first-order valence-electron chi connectivity index (χ1n) is 9.56. The van der Waals surface area contributed by atoms with Gasteiger partial charge in [-0.05, 0) is 48.4 Å². The van der Waals surface area contributed by atoms with Gasteiger partial charge in [-0.3, -0.25) is 4.90 Å². The Morgan fingerprint density at radius 2 is 1.81 bits per heavy atom. The molecule has 144 valence electrons. The van der Waals surface area contributed by atoms with Crippen LogP contribution in [0.5, 0.6) is 11.5 Å². The maximum absolute atomic E-state index is 13.8. The first-order valence-corrected chi connectivity index (χ1v) is 9.56. The summed E-state index contributed by atoms with van der Waals surface area (Å²) in [6.45, 7) is 3.14. The van der Waals surface area contributed by atoms with Crippen molar-refractivity contribution in [1.29, 1.82) is 0 Å². The van der Waals surface area contributed by atoms with E-state index in [0.717, 1.165) is 32.5 Å². The van der Waals surface area contributed by atoms with Crippen LogP contribution in [0.3, 0.4) is 0 Å². The topological polar surface area (TPSA) is 41.9 Å². The van der Waals surface area contributed by atoms with E-state index < -0.39 is 0 Å². The van der Waals surface area contributed by atoms with Gasteiger partial charge in [0.1, 0.15) is 12.4 Å². The Labute approximate surface area is 159 Å². The lowest BCUT2D eigenvalue weighted by atomic mass is 10.0. The number of rotatable bonds is 6. The zero-order valence-electron chi connectivity index (χ0n) is 15.6. The molecule has 2 aromatic carbocycles. The summed E-state index contributed by atoms with van der Waals surface area (Å²) in [7, 11) is 1.62. The predicted octanol–water partition coefficient (Wildman–Crippen LogP) is 3.62. The molecule has 1 saturated carbocycles. The molecule has 5 heteroatoms. The number of ether oxygens (including phenoxy) is 2. The smallest absolute Gasteiger partial charge is 0.161 e. The highest BCUT2D eigenvalue weighted by molar-refractivity contribution is 5.43. The van der Waals surface area contributed by atoms with E-state index in [4.69, 9.17) is 9.47 Å². The van der Waals surface area contributed by atoms with E-state index in [1.54, 1.807) is 25.3 Å². The lowest BCUT2D eigenvalue weighted by molar-refractivity contribution is 0.161. The Bertz CT molecular complexity index is 783. The largest absolute Gasteiger partial charge is 0.493 e. The van der Waals surface area contributed by atoms with E-state index in [9.17, 15) is 9.50 Å². The third-order valence-corrected chi connectivity index (χ3v) is 5.78.